The third-order valence-electron chi connectivity index (χ3n) is 6.32. The number of nitrogens with one attached hydrogen (secondary N) is 2. The maximum Gasteiger partial charge on any atom is 0.152 e. The zero-order chi connectivity index (χ0) is 19.1. The number of anilines is 1. The summed E-state index contributed by atoms with van der Waals surface area (Å²) in [5.41, 5.74) is 3.58. The lowest BCUT2D eigenvalue weighted by molar-refractivity contribution is 0.115. The molecule has 3 aliphatic rings. The number of phenols is 1. The number of likely N-dealkylation sites (tertiary alicyclic amines) is 1. The predicted molar refractivity (Wildman–Crippen MR) is 106 cm³/mol. The van der Waals surface area contributed by atoms with Crippen LogP contribution in [-0.2, 0) is 12.8 Å². The van der Waals surface area contributed by atoms with E-state index >= 15 is 0 Å². The Balaban J connectivity index is 1.40. The lowest BCUT2D eigenvalue weighted by Crippen LogP contribution is -2.60. The first kappa shape index (κ1) is 17.8. The Kier molecular flexibility index (Phi) is 4.64. The van der Waals surface area contributed by atoms with Gasteiger partial charge in [-0.1, -0.05) is 0 Å². The molecule has 0 bridgehead atoms. The molecule has 3 N–H and O–H groups in total. The average Bonchev–Trinajstić information content (AvgIpc) is 3.12. The molecule has 2 aliphatic heterocycles. The number of hydrogen-bond acceptors (Lipinski definition) is 6. The number of halogens is 1. The molecule has 0 amide bonds. The lowest BCUT2D eigenvalue weighted by Gasteiger charge is -2.43. The summed E-state index contributed by atoms with van der Waals surface area (Å²) < 4.78 is 13.4. The van der Waals surface area contributed by atoms with Gasteiger partial charge in [0.15, 0.2) is 5.82 Å². The molecule has 1 aromatic heterocycles. The number of rotatable bonds is 4. The molecule has 148 valence electrons. The minimum absolute atomic E-state index is 0.0823. The summed E-state index contributed by atoms with van der Waals surface area (Å²) >= 11 is 0. The van der Waals surface area contributed by atoms with E-state index in [1.54, 1.807) is 6.07 Å². The van der Waals surface area contributed by atoms with E-state index < -0.39 is 5.82 Å². The second-order valence-electron chi connectivity index (χ2n) is 8.16. The first-order valence-electron chi connectivity index (χ1n) is 10.3. The molecule has 3 heterocycles. The third kappa shape index (κ3) is 3.22. The predicted octanol–water partition coefficient (Wildman–Crippen LogP) is 2.33. The molecule has 0 saturated carbocycles. The van der Waals surface area contributed by atoms with Crippen LogP contribution in [0.3, 0.4) is 0 Å². The van der Waals surface area contributed by atoms with Crippen molar-refractivity contribution in [3.8, 4) is 17.0 Å². The quantitative estimate of drug-likeness (QED) is 0.753. The van der Waals surface area contributed by atoms with Gasteiger partial charge in [-0.05, 0) is 56.3 Å². The fourth-order valence-corrected chi connectivity index (χ4v) is 4.71. The van der Waals surface area contributed by atoms with E-state index in [0.717, 1.165) is 62.8 Å². The topological polar surface area (TPSA) is 73.3 Å². The Morgan fingerprint density at radius 3 is 2.79 bits per heavy atom. The number of aromatic hydroxyl groups is 1. The largest absolute Gasteiger partial charge is 0.507 e. The van der Waals surface area contributed by atoms with E-state index in [1.807, 2.05) is 0 Å². The number of aromatic nitrogens is 2. The standard InChI is InChI=1S/C21H26FN5O/c22-13-6-7-18(19(28)9-13)20-16-4-1-5-17(16)21(26-25-20)24-14-3-2-8-27(12-14)15-10-23-11-15/h6-7,9,14-15,23,28H,1-5,8,10-12H2,(H,24,26)/t14-/m1/s1. The van der Waals surface area contributed by atoms with E-state index in [0.29, 0.717) is 23.3 Å². The van der Waals surface area contributed by atoms with E-state index in [4.69, 9.17) is 0 Å². The molecule has 0 unspecified atom stereocenters. The summed E-state index contributed by atoms with van der Waals surface area (Å²) in [5.74, 6) is 0.352. The van der Waals surface area contributed by atoms with Gasteiger partial charge < -0.3 is 15.7 Å². The van der Waals surface area contributed by atoms with Crippen LogP contribution >= 0.6 is 0 Å². The van der Waals surface area contributed by atoms with Gasteiger partial charge in [-0.25, -0.2) is 4.39 Å². The van der Waals surface area contributed by atoms with Crippen LogP contribution in [0.25, 0.3) is 11.3 Å². The van der Waals surface area contributed by atoms with Crippen LogP contribution in [0.4, 0.5) is 10.2 Å². The molecule has 1 aromatic carbocycles. The van der Waals surface area contributed by atoms with Crippen LogP contribution in [0.5, 0.6) is 5.75 Å². The summed E-state index contributed by atoms with van der Waals surface area (Å²) in [6.45, 7) is 4.41. The molecule has 5 rings (SSSR count). The van der Waals surface area contributed by atoms with Crippen LogP contribution in [-0.4, -0.2) is 58.5 Å². The molecule has 1 atom stereocenters. The third-order valence-corrected chi connectivity index (χ3v) is 6.32. The van der Waals surface area contributed by atoms with Crippen molar-refractivity contribution >= 4 is 5.82 Å². The fraction of sp³-hybridized carbons (Fsp3) is 0.524. The Morgan fingerprint density at radius 2 is 2.00 bits per heavy atom. The Hall–Kier alpha value is -2.25. The highest BCUT2D eigenvalue weighted by atomic mass is 19.1. The molecule has 2 aromatic rings. The van der Waals surface area contributed by atoms with Crippen LogP contribution in [0, 0.1) is 5.82 Å². The summed E-state index contributed by atoms with van der Waals surface area (Å²) in [7, 11) is 0. The highest BCUT2D eigenvalue weighted by Gasteiger charge is 2.30. The van der Waals surface area contributed by atoms with E-state index in [2.05, 4.69) is 25.7 Å². The minimum Gasteiger partial charge on any atom is -0.507 e. The molecular weight excluding hydrogens is 357 g/mol. The van der Waals surface area contributed by atoms with E-state index in [-0.39, 0.29) is 5.75 Å². The monoisotopic (exact) mass is 383 g/mol. The maximum absolute atomic E-state index is 13.4. The molecule has 2 fully saturated rings. The molecule has 6 nitrogen and oxygen atoms in total. The van der Waals surface area contributed by atoms with Gasteiger partial charge in [0, 0.05) is 48.9 Å². The lowest BCUT2D eigenvalue weighted by atomic mass is 10.00. The van der Waals surface area contributed by atoms with Gasteiger partial charge in [-0.3, -0.25) is 4.90 Å². The smallest absolute Gasteiger partial charge is 0.152 e. The number of nitrogens with zero attached hydrogens (tertiary/aromatic N) is 3. The zero-order valence-electron chi connectivity index (χ0n) is 15.9. The van der Waals surface area contributed by atoms with Gasteiger partial charge in [0.05, 0.1) is 0 Å². The van der Waals surface area contributed by atoms with Gasteiger partial charge in [-0.2, -0.15) is 0 Å². The highest BCUT2D eigenvalue weighted by Crippen LogP contribution is 2.37. The van der Waals surface area contributed by atoms with Crippen molar-refractivity contribution in [3.05, 3.63) is 35.1 Å². The van der Waals surface area contributed by atoms with Gasteiger partial charge >= 0.3 is 0 Å². The van der Waals surface area contributed by atoms with Crippen molar-refractivity contribution in [2.75, 3.05) is 31.5 Å². The molecule has 1 aliphatic carbocycles. The summed E-state index contributed by atoms with van der Waals surface area (Å²) in [5, 5.41) is 26.1. The fourth-order valence-electron chi connectivity index (χ4n) is 4.71. The second kappa shape index (κ2) is 7.29. The van der Waals surface area contributed by atoms with Crippen LogP contribution in [0.1, 0.15) is 30.4 Å². The number of fused-ring (bicyclic) bond motifs is 1. The van der Waals surface area contributed by atoms with Crippen molar-refractivity contribution in [1.29, 1.82) is 0 Å². The molecule has 0 spiro atoms. The van der Waals surface area contributed by atoms with Crippen molar-refractivity contribution in [1.82, 2.24) is 20.4 Å². The van der Waals surface area contributed by atoms with Gasteiger partial charge in [0.2, 0.25) is 0 Å². The van der Waals surface area contributed by atoms with Crippen LogP contribution < -0.4 is 10.6 Å². The maximum atomic E-state index is 13.4. The molecular formula is C21H26FN5O. The van der Waals surface area contributed by atoms with Crippen LogP contribution in [0.15, 0.2) is 18.2 Å². The van der Waals surface area contributed by atoms with Gasteiger partial charge in [0.25, 0.3) is 0 Å². The van der Waals surface area contributed by atoms with Gasteiger partial charge in [-0.15, -0.1) is 10.2 Å². The van der Waals surface area contributed by atoms with Crippen molar-refractivity contribution < 1.29 is 9.50 Å². The number of benzene rings is 1. The SMILES string of the molecule is Oc1cc(F)ccc1-c1nnc(N[C@@H]2CCCN(C3CNC3)C2)c2c1CCC2. The first-order chi connectivity index (χ1) is 13.7. The normalized spacial score (nSPS) is 22.7. The Bertz CT molecular complexity index is 885. The Morgan fingerprint density at radius 1 is 1.14 bits per heavy atom. The molecule has 28 heavy (non-hydrogen) atoms. The molecule has 2 saturated heterocycles. The zero-order valence-corrected chi connectivity index (χ0v) is 15.9. The first-order valence-corrected chi connectivity index (χ1v) is 10.3. The summed E-state index contributed by atoms with van der Waals surface area (Å²) in [6, 6.07) is 5.14. The Labute approximate surface area is 164 Å². The van der Waals surface area contributed by atoms with Crippen molar-refractivity contribution in [2.24, 2.45) is 0 Å². The van der Waals surface area contributed by atoms with E-state index in [9.17, 15) is 9.50 Å². The number of phenolic OH excluding ortho intramolecular Hbond substituents is 1. The molecule has 0 radical (unpaired) electrons. The van der Waals surface area contributed by atoms with Crippen molar-refractivity contribution in [2.45, 2.75) is 44.2 Å². The van der Waals surface area contributed by atoms with Crippen LogP contribution in [0.2, 0.25) is 0 Å². The summed E-state index contributed by atoms with van der Waals surface area (Å²) in [4.78, 5) is 2.58. The summed E-state index contributed by atoms with van der Waals surface area (Å²) in [6.07, 6.45) is 5.27. The number of hydrogen-bond donors (Lipinski definition) is 3. The number of piperidine rings is 1. The molecule has 7 heteroatoms. The second-order valence-corrected chi connectivity index (χ2v) is 8.16. The average molecular weight is 383 g/mol. The van der Waals surface area contributed by atoms with Gasteiger partial charge in [0.1, 0.15) is 17.3 Å². The van der Waals surface area contributed by atoms with Crippen molar-refractivity contribution in [3.63, 3.8) is 0 Å². The minimum atomic E-state index is -0.451. The highest BCUT2D eigenvalue weighted by molar-refractivity contribution is 5.73. The van der Waals surface area contributed by atoms with E-state index in [1.165, 1.54) is 24.6 Å².